The first kappa shape index (κ1) is 15.8. The molecule has 1 aromatic rings. The van der Waals surface area contributed by atoms with Crippen molar-refractivity contribution in [1.29, 1.82) is 0 Å². The first-order valence-electron chi connectivity index (χ1n) is 6.47. The summed E-state index contributed by atoms with van der Waals surface area (Å²) >= 11 is 0. The Hall–Kier alpha value is -1.54. The Morgan fingerprint density at radius 1 is 1.29 bits per heavy atom. The van der Waals surface area contributed by atoms with E-state index in [2.05, 4.69) is 0 Å². The molecule has 1 unspecified atom stereocenters. The van der Waals surface area contributed by atoms with Crippen LogP contribution in [0.3, 0.4) is 0 Å². The van der Waals surface area contributed by atoms with Crippen LogP contribution in [0.15, 0.2) is 23.1 Å². The molecule has 1 aliphatic rings. The minimum absolute atomic E-state index is 0.0484. The summed E-state index contributed by atoms with van der Waals surface area (Å²) in [6.45, 7) is 0.267. The van der Waals surface area contributed by atoms with Crippen molar-refractivity contribution in [2.24, 2.45) is 5.92 Å². The van der Waals surface area contributed by atoms with Crippen molar-refractivity contribution in [2.75, 3.05) is 13.1 Å². The van der Waals surface area contributed by atoms with Crippen molar-refractivity contribution in [3.8, 4) is 0 Å². The third-order valence-electron chi connectivity index (χ3n) is 3.42. The zero-order chi connectivity index (χ0) is 15.6. The highest BCUT2D eigenvalue weighted by molar-refractivity contribution is 7.89. The Morgan fingerprint density at radius 3 is 2.48 bits per heavy atom. The quantitative estimate of drug-likeness (QED) is 0.919. The van der Waals surface area contributed by atoms with Gasteiger partial charge < -0.3 is 5.11 Å². The fourth-order valence-corrected chi connectivity index (χ4v) is 4.08. The summed E-state index contributed by atoms with van der Waals surface area (Å²) in [5.41, 5.74) is 0. The van der Waals surface area contributed by atoms with Crippen molar-refractivity contribution < 1.29 is 27.1 Å². The standard InChI is InChI=1S/C13H15F2NO4S/c14-10-5-11(15)7-12(6-10)21(19,20)16-3-1-2-9(8-16)4-13(17)18/h5-7,9H,1-4,8H2,(H,17,18). The summed E-state index contributed by atoms with van der Waals surface area (Å²) in [6, 6.07) is 2.13. The Kier molecular flexibility index (Phi) is 4.58. The number of carboxylic acids is 1. The van der Waals surface area contributed by atoms with Crippen molar-refractivity contribution in [3.63, 3.8) is 0 Å². The summed E-state index contributed by atoms with van der Waals surface area (Å²) < 4.78 is 52.2. The number of nitrogens with zero attached hydrogens (tertiary/aromatic N) is 1. The third-order valence-corrected chi connectivity index (χ3v) is 5.26. The van der Waals surface area contributed by atoms with Gasteiger partial charge in [-0.05, 0) is 30.9 Å². The highest BCUT2D eigenvalue weighted by Gasteiger charge is 2.31. The first-order chi connectivity index (χ1) is 9.79. The van der Waals surface area contributed by atoms with Crippen LogP contribution in [0, 0.1) is 17.6 Å². The van der Waals surface area contributed by atoms with E-state index < -0.39 is 32.5 Å². The average molecular weight is 319 g/mol. The molecule has 1 heterocycles. The van der Waals surface area contributed by atoms with E-state index in [1.54, 1.807) is 0 Å². The minimum atomic E-state index is -4.02. The maximum atomic E-state index is 13.2. The molecule has 116 valence electrons. The molecule has 2 rings (SSSR count). The number of piperidine rings is 1. The molecule has 0 saturated carbocycles. The highest BCUT2D eigenvalue weighted by atomic mass is 32.2. The van der Waals surface area contributed by atoms with E-state index in [0.717, 1.165) is 16.4 Å². The number of hydrogen-bond donors (Lipinski definition) is 1. The molecule has 8 heteroatoms. The lowest BCUT2D eigenvalue weighted by molar-refractivity contribution is -0.138. The van der Waals surface area contributed by atoms with Gasteiger partial charge >= 0.3 is 5.97 Å². The molecule has 5 nitrogen and oxygen atoms in total. The molecule has 1 saturated heterocycles. The molecule has 0 radical (unpaired) electrons. The van der Waals surface area contributed by atoms with Crippen molar-refractivity contribution in [1.82, 2.24) is 4.31 Å². The molecular weight excluding hydrogens is 304 g/mol. The van der Waals surface area contributed by atoms with Crippen LogP contribution in [0.1, 0.15) is 19.3 Å². The van der Waals surface area contributed by atoms with Crippen LogP contribution in [-0.4, -0.2) is 36.9 Å². The van der Waals surface area contributed by atoms with Crippen LogP contribution >= 0.6 is 0 Å². The van der Waals surface area contributed by atoms with Crippen LogP contribution in [0.4, 0.5) is 8.78 Å². The fourth-order valence-electron chi connectivity index (χ4n) is 2.49. The van der Waals surface area contributed by atoms with Gasteiger partial charge in [-0.25, -0.2) is 17.2 Å². The molecule has 1 aromatic carbocycles. The molecule has 1 fully saturated rings. The van der Waals surface area contributed by atoms with Crippen LogP contribution in [0.25, 0.3) is 0 Å². The number of benzene rings is 1. The van der Waals surface area contributed by atoms with Gasteiger partial charge in [0, 0.05) is 25.6 Å². The van der Waals surface area contributed by atoms with Crippen molar-refractivity contribution in [2.45, 2.75) is 24.2 Å². The Labute approximate surface area is 121 Å². The lowest BCUT2D eigenvalue weighted by Crippen LogP contribution is -2.40. The molecule has 21 heavy (non-hydrogen) atoms. The van der Waals surface area contributed by atoms with Crippen LogP contribution in [0.2, 0.25) is 0 Å². The number of hydrogen-bond acceptors (Lipinski definition) is 3. The lowest BCUT2D eigenvalue weighted by atomic mass is 9.96. The van der Waals surface area contributed by atoms with E-state index in [9.17, 15) is 22.0 Å². The zero-order valence-electron chi connectivity index (χ0n) is 11.1. The van der Waals surface area contributed by atoms with Crippen LogP contribution < -0.4 is 0 Å². The smallest absolute Gasteiger partial charge is 0.303 e. The first-order valence-corrected chi connectivity index (χ1v) is 7.91. The van der Waals surface area contributed by atoms with E-state index >= 15 is 0 Å². The predicted molar refractivity (Wildman–Crippen MR) is 70.1 cm³/mol. The van der Waals surface area contributed by atoms with E-state index in [1.165, 1.54) is 0 Å². The molecule has 1 aliphatic heterocycles. The number of aliphatic carboxylic acids is 1. The molecule has 0 bridgehead atoms. The topological polar surface area (TPSA) is 74.7 Å². The van der Waals surface area contributed by atoms with Crippen molar-refractivity contribution >= 4 is 16.0 Å². The van der Waals surface area contributed by atoms with E-state index in [-0.39, 0.29) is 25.4 Å². The molecular formula is C13H15F2NO4S. The van der Waals surface area contributed by atoms with Gasteiger partial charge in [-0.1, -0.05) is 0 Å². The minimum Gasteiger partial charge on any atom is -0.481 e. The molecule has 0 amide bonds. The number of sulfonamides is 1. The van der Waals surface area contributed by atoms with Gasteiger partial charge in [0.1, 0.15) is 11.6 Å². The van der Waals surface area contributed by atoms with E-state index in [0.29, 0.717) is 18.9 Å². The predicted octanol–water partition coefficient (Wildman–Crippen LogP) is 1.84. The SMILES string of the molecule is O=C(O)CC1CCCN(S(=O)(=O)c2cc(F)cc(F)c2)C1. The number of carbonyl (C=O) groups is 1. The second-order valence-corrected chi connectivity index (χ2v) is 7.01. The Bertz CT molecular complexity index is 627. The van der Waals surface area contributed by atoms with Gasteiger partial charge in [-0.3, -0.25) is 4.79 Å². The summed E-state index contributed by atoms with van der Waals surface area (Å²) in [4.78, 5) is 10.3. The highest BCUT2D eigenvalue weighted by Crippen LogP contribution is 2.26. The second-order valence-electron chi connectivity index (χ2n) is 5.07. The monoisotopic (exact) mass is 319 g/mol. The summed E-state index contributed by atoms with van der Waals surface area (Å²) in [7, 11) is -4.02. The average Bonchev–Trinajstić information content (AvgIpc) is 2.37. The summed E-state index contributed by atoms with van der Waals surface area (Å²) in [5.74, 6) is -3.21. The molecule has 1 atom stereocenters. The van der Waals surface area contributed by atoms with Crippen LogP contribution in [0.5, 0.6) is 0 Å². The van der Waals surface area contributed by atoms with E-state index in [4.69, 9.17) is 5.11 Å². The molecule has 1 N–H and O–H groups in total. The zero-order valence-corrected chi connectivity index (χ0v) is 11.9. The van der Waals surface area contributed by atoms with E-state index in [1.807, 2.05) is 0 Å². The fraction of sp³-hybridized carbons (Fsp3) is 0.462. The van der Waals surface area contributed by atoms with Gasteiger partial charge in [-0.2, -0.15) is 4.31 Å². The maximum Gasteiger partial charge on any atom is 0.303 e. The number of halogens is 2. The van der Waals surface area contributed by atoms with Gasteiger partial charge in [0.15, 0.2) is 0 Å². The summed E-state index contributed by atoms with van der Waals surface area (Å²) in [5, 5.41) is 8.78. The van der Waals surface area contributed by atoms with Crippen molar-refractivity contribution in [3.05, 3.63) is 29.8 Å². The second kappa shape index (κ2) is 6.07. The molecule has 0 spiro atoms. The summed E-state index contributed by atoms with van der Waals surface area (Å²) in [6.07, 6.45) is 1.02. The van der Waals surface area contributed by atoms with Crippen LogP contribution in [-0.2, 0) is 14.8 Å². The Morgan fingerprint density at radius 2 is 1.90 bits per heavy atom. The normalized spacial score (nSPS) is 20.4. The van der Waals surface area contributed by atoms with Gasteiger partial charge in [0.2, 0.25) is 10.0 Å². The Balaban J connectivity index is 2.24. The largest absolute Gasteiger partial charge is 0.481 e. The van der Waals surface area contributed by atoms with Gasteiger partial charge in [0.25, 0.3) is 0 Å². The number of rotatable bonds is 4. The lowest BCUT2D eigenvalue weighted by Gasteiger charge is -2.31. The molecule has 0 aromatic heterocycles. The molecule has 0 aliphatic carbocycles. The van der Waals surface area contributed by atoms with Gasteiger partial charge in [-0.15, -0.1) is 0 Å². The third kappa shape index (κ3) is 3.76. The number of carboxylic acid groups (broad SMARTS) is 1. The van der Waals surface area contributed by atoms with Gasteiger partial charge in [0.05, 0.1) is 4.90 Å². The maximum absolute atomic E-state index is 13.2.